The monoisotopic (exact) mass is 147 g/mol. The zero-order chi connectivity index (χ0) is 7.02. The average molecular weight is 147 g/mol. The highest BCUT2D eigenvalue weighted by Crippen LogP contribution is 2.04. The normalized spacial score (nSPS) is 27.7. The third-order valence-corrected chi connectivity index (χ3v) is 2.27. The van der Waals surface area contributed by atoms with Gasteiger partial charge in [0.15, 0.2) is 0 Å². The number of amides is 2. The second kappa shape index (κ2) is 1.91. The zero-order valence-corrected chi connectivity index (χ0v) is 5.60. The van der Waals surface area contributed by atoms with Crippen LogP contribution in [0.5, 0.6) is 0 Å². The summed E-state index contributed by atoms with van der Waals surface area (Å²) in [7, 11) is -0.261. The van der Waals surface area contributed by atoms with Crippen LogP contribution >= 0.6 is 0 Å². The molecule has 0 saturated carbocycles. The number of hydrogen-bond donors (Lipinski definition) is 0. The Bertz CT molecular complexity index is 200. The van der Waals surface area contributed by atoms with Crippen LogP contribution in [0.4, 0.5) is 4.79 Å². The third kappa shape index (κ3) is 0.873. The lowest BCUT2D eigenvalue weighted by Gasteiger charge is -1.99. The van der Waals surface area contributed by atoms with E-state index in [4.69, 9.17) is 0 Å². The number of rotatable bonds is 0. The van der Waals surface area contributed by atoms with Gasteiger partial charge in [0.2, 0.25) is 5.91 Å². The summed E-state index contributed by atoms with van der Waals surface area (Å²) >= 11 is 0. The minimum Gasteiger partial charge on any atom is -0.274 e. The molecular formula is C4H5NO3S. The fourth-order valence-electron chi connectivity index (χ4n) is 0.525. The molecule has 1 saturated heterocycles. The number of carbonyl (C=O) groups is 2. The topological polar surface area (TPSA) is 54.5 Å². The van der Waals surface area contributed by atoms with Crippen LogP contribution in [-0.2, 0) is 15.6 Å². The smallest absolute Gasteiger partial charge is 0.274 e. The molecule has 0 aromatic carbocycles. The van der Waals surface area contributed by atoms with Gasteiger partial charge < -0.3 is 0 Å². The van der Waals surface area contributed by atoms with Crippen LogP contribution in [0.2, 0.25) is 0 Å². The summed E-state index contributed by atoms with van der Waals surface area (Å²) in [4.78, 5) is 21.9. The molecule has 2 amide bonds. The molecule has 0 aliphatic carbocycles. The minimum atomic E-state index is -1.59. The first-order chi connectivity index (χ1) is 4.13. The molecule has 0 radical (unpaired) electrons. The number of imide groups is 1. The van der Waals surface area contributed by atoms with Gasteiger partial charge >= 0.3 is 5.24 Å². The molecule has 1 heterocycles. The van der Waals surface area contributed by atoms with E-state index in [0.717, 1.165) is 4.90 Å². The Hall–Kier alpha value is -0.710. The van der Waals surface area contributed by atoms with Crippen molar-refractivity contribution in [3.63, 3.8) is 0 Å². The molecule has 0 spiro atoms. The second-order valence-corrected chi connectivity index (χ2v) is 3.04. The van der Waals surface area contributed by atoms with E-state index in [0.29, 0.717) is 0 Å². The van der Waals surface area contributed by atoms with Crippen LogP contribution < -0.4 is 0 Å². The Kier molecular flexibility index (Phi) is 1.36. The molecule has 9 heavy (non-hydrogen) atoms. The van der Waals surface area contributed by atoms with Crippen LogP contribution in [0.25, 0.3) is 0 Å². The van der Waals surface area contributed by atoms with Crippen LogP contribution in [0.15, 0.2) is 0 Å². The largest absolute Gasteiger partial charge is 0.318 e. The van der Waals surface area contributed by atoms with Crippen molar-refractivity contribution in [1.82, 2.24) is 4.90 Å². The summed E-state index contributed by atoms with van der Waals surface area (Å²) in [6.45, 7) is 0. The van der Waals surface area contributed by atoms with Gasteiger partial charge in [-0.05, 0) is 0 Å². The lowest BCUT2D eigenvalue weighted by Crippen LogP contribution is -2.23. The highest BCUT2D eigenvalue weighted by Gasteiger charge is 2.32. The van der Waals surface area contributed by atoms with Gasteiger partial charge in [-0.2, -0.15) is 0 Å². The SMILES string of the molecule is CN1C(=O)CS(=O)C1=O. The molecule has 1 unspecified atom stereocenters. The number of nitrogens with zero attached hydrogens (tertiary/aromatic N) is 1. The van der Waals surface area contributed by atoms with Gasteiger partial charge in [-0.1, -0.05) is 0 Å². The maximum atomic E-state index is 10.5. The quantitative estimate of drug-likeness (QED) is 0.456. The lowest BCUT2D eigenvalue weighted by molar-refractivity contribution is -0.123. The fraction of sp³-hybridized carbons (Fsp3) is 0.500. The van der Waals surface area contributed by atoms with Gasteiger partial charge in [0.05, 0.1) is 0 Å². The molecule has 50 valence electrons. The van der Waals surface area contributed by atoms with Crippen LogP contribution in [0, 0.1) is 0 Å². The first kappa shape index (κ1) is 6.41. The van der Waals surface area contributed by atoms with E-state index in [1.54, 1.807) is 0 Å². The summed E-state index contributed by atoms with van der Waals surface area (Å²) in [6, 6.07) is 0. The van der Waals surface area contributed by atoms with E-state index in [2.05, 4.69) is 0 Å². The summed E-state index contributed by atoms with van der Waals surface area (Å²) in [5.41, 5.74) is 0. The zero-order valence-electron chi connectivity index (χ0n) is 4.79. The molecule has 0 bridgehead atoms. The first-order valence-electron chi connectivity index (χ1n) is 2.32. The Morgan fingerprint density at radius 3 is 2.22 bits per heavy atom. The highest BCUT2D eigenvalue weighted by molar-refractivity contribution is 8.01. The van der Waals surface area contributed by atoms with Gasteiger partial charge in [-0.25, -0.2) is 4.21 Å². The van der Waals surface area contributed by atoms with Crippen molar-refractivity contribution in [2.45, 2.75) is 0 Å². The minimum absolute atomic E-state index is 0.144. The van der Waals surface area contributed by atoms with Crippen molar-refractivity contribution < 1.29 is 13.8 Å². The Labute approximate surface area is 54.3 Å². The van der Waals surface area contributed by atoms with Crippen molar-refractivity contribution in [2.24, 2.45) is 0 Å². The summed E-state index contributed by atoms with van der Waals surface area (Å²) in [6.07, 6.45) is 0. The van der Waals surface area contributed by atoms with E-state index < -0.39 is 16.0 Å². The van der Waals surface area contributed by atoms with Crippen molar-refractivity contribution in [2.75, 3.05) is 12.8 Å². The summed E-state index contributed by atoms with van der Waals surface area (Å²) in [5, 5.41) is -0.583. The molecular weight excluding hydrogens is 142 g/mol. The van der Waals surface area contributed by atoms with Crippen molar-refractivity contribution >= 4 is 21.9 Å². The van der Waals surface area contributed by atoms with E-state index >= 15 is 0 Å². The van der Waals surface area contributed by atoms with E-state index in [1.807, 2.05) is 0 Å². The first-order valence-corrected chi connectivity index (χ1v) is 3.63. The molecule has 1 fully saturated rings. The molecule has 5 heteroatoms. The predicted octanol–water partition coefficient (Wildman–Crippen LogP) is -0.673. The van der Waals surface area contributed by atoms with Gasteiger partial charge in [0.25, 0.3) is 0 Å². The van der Waals surface area contributed by atoms with Gasteiger partial charge in [0.1, 0.15) is 16.6 Å². The maximum absolute atomic E-state index is 10.5. The van der Waals surface area contributed by atoms with Crippen LogP contribution in [0.1, 0.15) is 0 Å². The standard InChI is InChI=1S/C4H5NO3S/c1-5-3(6)2-9(8)4(5)7/h2H2,1H3. The number of hydrogen-bond acceptors (Lipinski definition) is 3. The summed E-state index contributed by atoms with van der Waals surface area (Å²) in [5.74, 6) is -0.506. The van der Waals surface area contributed by atoms with E-state index in [1.165, 1.54) is 7.05 Å². The Morgan fingerprint density at radius 2 is 2.11 bits per heavy atom. The maximum Gasteiger partial charge on any atom is 0.318 e. The van der Waals surface area contributed by atoms with Crippen molar-refractivity contribution in [3.05, 3.63) is 0 Å². The Morgan fingerprint density at radius 1 is 1.56 bits per heavy atom. The molecule has 0 aromatic heterocycles. The molecule has 0 N–H and O–H groups in total. The molecule has 1 aliphatic heterocycles. The van der Waals surface area contributed by atoms with Gasteiger partial charge in [-0.15, -0.1) is 0 Å². The Balaban J connectivity index is 2.90. The third-order valence-electron chi connectivity index (χ3n) is 1.10. The van der Waals surface area contributed by atoms with Gasteiger partial charge in [0, 0.05) is 7.05 Å². The van der Waals surface area contributed by atoms with Gasteiger partial charge in [-0.3, -0.25) is 14.5 Å². The highest BCUT2D eigenvalue weighted by atomic mass is 32.2. The fourth-order valence-corrected chi connectivity index (χ4v) is 1.47. The predicted molar refractivity (Wildman–Crippen MR) is 31.2 cm³/mol. The van der Waals surface area contributed by atoms with Crippen molar-refractivity contribution in [1.29, 1.82) is 0 Å². The average Bonchev–Trinajstić information content (AvgIpc) is 1.98. The lowest BCUT2D eigenvalue weighted by atomic mass is 10.6. The number of carbonyl (C=O) groups excluding carboxylic acids is 2. The molecule has 1 aliphatic rings. The molecule has 0 aromatic rings. The molecule has 1 rings (SSSR count). The van der Waals surface area contributed by atoms with E-state index in [-0.39, 0.29) is 11.7 Å². The molecule has 1 atom stereocenters. The van der Waals surface area contributed by atoms with Crippen LogP contribution in [0.3, 0.4) is 0 Å². The second-order valence-electron chi connectivity index (χ2n) is 1.71. The van der Waals surface area contributed by atoms with Crippen LogP contribution in [-0.4, -0.2) is 33.1 Å². The van der Waals surface area contributed by atoms with E-state index in [9.17, 15) is 13.8 Å². The van der Waals surface area contributed by atoms with Crippen molar-refractivity contribution in [3.8, 4) is 0 Å². The molecule has 4 nitrogen and oxygen atoms in total. The summed E-state index contributed by atoms with van der Waals surface area (Å²) < 4.78 is 10.5.